The summed E-state index contributed by atoms with van der Waals surface area (Å²) in [7, 11) is 0. The normalized spacial score (nSPS) is 19.7. The summed E-state index contributed by atoms with van der Waals surface area (Å²) in [4.78, 5) is 0. The highest BCUT2D eigenvalue weighted by molar-refractivity contribution is 5.76. The van der Waals surface area contributed by atoms with Gasteiger partial charge in [-0.05, 0) is 81.6 Å². The molecule has 0 N–H and O–H groups in total. The van der Waals surface area contributed by atoms with E-state index in [-0.39, 0.29) is 5.41 Å². The monoisotopic (exact) mass is 358 g/mol. The molecule has 2 aromatic rings. The van der Waals surface area contributed by atoms with Crippen LogP contribution in [-0.4, -0.2) is 0 Å². The van der Waals surface area contributed by atoms with Gasteiger partial charge in [0.1, 0.15) is 0 Å². The number of benzene rings is 1. The van der Waals surface area contributed by atoms with Gasteiger partial charge in [-0.3, -0.25) is 0 Å². The number of hydrogen-bond donors (Lipinski definition) is 0. The Morgan fingerprint density at radius 3 is 2.22 bits per heavy atom. The molecular formula is C26H32N+. The van der Waals surface area contributed by atoms with Crippen molar-refractivity contribution in [3.63, 3.8) is 0 Å². The molecule has 0 radical (unpaired) electrons. The average molecular weight is 359 g/mol. The molecule has 0 saturated carbocycles. The van der Waals surface area contributed by atoms with Crippen LogP contribution in [0.1, 0.15) is 80.3 Å². The second kappa shape index (κ2) is 6.33. The molecule has 27 heavy (non-hydrogen) atoms. The molecule has 0 unspecified atom stereocenters. The van der Waals surface area contributed by atoms with Gasteiger partial charge in [-0.1, -0.05) is 32.0 Å². The van der Waals surface area contributed by atoms with E-state index in [0.29, 0.717) is 0 Å². The van der Waals surface area contributed by atoms with Crippen LogP contribution in [0.25, 0.3) is 17.0 Å². The van der Waals surface area contributed by atoms with Crippen LogP contribution in [0.5, 0.6) is 0 Å². The molecule has 1 aromatic carbocycles. The van der Waals surface area contributed by atoms with E-state index < -0.39 is 0 Å². The molecular weight excluding hydrogens is 326 g/mol. The number of rotatable bonds is 2. The zero-order valence-electron chi connectivity index (χ0n) is 17.0. The minimum absolute atomic E-state index is 0.0718. The summed E-state index contributed by atoms with van der Waals surface area (Å²) in [6.07, 6.45) is 12.6. The predicted molar refractivity (Wildman–Crippen MR) is 113 cm³/mol. The van der Waals surface area contributed by atoms with Crippen molar-refractivity contribution in [1.82, 2.24) is 0 Å². The van der Waals surface area contributed by atoms with Gasteiger partial charge in [-0.15, -0.1) is 0 Å². The van der Waals surface area contributed by atoms with E-state index in [4.69, 9.17) is 6.58 Å². The highest BCUT2D eigenvalue weighted by Gasteiger charge is 2.49. The van der Waals surface area contributed by atoms with E-state index in [0.717, 1.165) is 12.8 Å². The molecule has 0 bridgehead atoms. The summed E-state index contributed by atoms with van der Waals surface area (Å²) in [5.74, 6) is 0. The van der Waals surface area contributed by atoms with Crippen molar-refractivity contribution < 1.29 is 4.57 Å². The highest BCUT2D eigenvalue weighted by Crippen LogP contribution is 2.49. The SMILES string of the molecule is C=C1[n+]2c3c(c4c(c2-c2ccccc2C1(CC)CC)CCCC4)CCCC3. The van der Waals surface area contributed by atoms with Crippen molar-refractivity contribution in [2.75, 3.05) is 0 Å². The van der Waals surface area contributed by atoms with Crippen molar-refractivity contribution in [2.45, 2.75) is 83.5 Å². The van der Waals surface area contributed by atoms with Gasteiger partial charge in [-0.25, -0.2) is 0 Å². The van der Waals surface area contributed by atoms with Crippen LogP contribution in [0, 0.1) is 0 Å². The minimum Gasteiger partial charge on any atom is -0.160 e. The highest BCUT2D eigenvalue weighted by atomic mass is 15.0. The topological polar surface area (TPSA) is 3.88 Å². The Bertz CT molecular complexity index is 930. The quantitative estimate of drug-likeness (QED) is 0.585. The van der Waals surface area contributed by atoms with Crippen LogP contribution < -0.4 is 4.57 Å². The van der Waals surface area contributed by atoms with Gasteiger partial charge in [0.2, 0.25) is 5.69 Å². The Kier molecular flexibility index (Phi) is 4.04. The molecule has 0 saturated heterocycles. The molecule has 2 heterocycles. The van der Waals surface area contributed by atoms with E-state index in [1.54, 1.807) is 22.4 Å². The van der Waals surface area contributed by atoms with Crippen molar-refractivity contribution in [2.24, 2.45) is 0 Å². The van der Waals surface area contributed by atoms with Crippen molar-refractivity contribution in [3.05, 3.63) is 58.8 Å². The van der Waals surface area contributed by atoms with E-state index >= 15 is 0 Å². The molecule has 0 spiro atoms. The molecule has 1 nitrogen and oxygen atoms in total. The zero-order valence-corrected chi connectivity index (χ0v) is 17.0. The van der Waals surface area contributed by atoms with E-state index in [2.05, 4.69) is 42.7 Å². The van der Waals surface area contributed by atoms with Crippen LogP contribution in [0.3, 0.4) is 0 Å². The Morgan fingerprint density at radius 1 is 0.852 bits per heavy atom. The first-order valence-corrected chi connectivity index (χ1v) is 11.1. The van der Waals surface area contributed by atoms with E-state index in [9.17, 15) is 0 Å². The number of allylic oxidation sites excluding steroid dienone is 1. The third-order valence-corrected chi connectivity index (χ3v) is 7.78. The number of nitrogens with zero attached hydrogens (tertiary/aromatic N) is 1. The van der Waals surface area contributed by atoms with Crippen molar-refractivity contribution >= 4 is 5.70 Å². The molecule has 1 aromatic heterocycles. The lowest BCUT2D eigenvalue weighted by atomic mass is 9.67. The summed E-state index contributed by atoms with van der Waals surface area (Å²) >= 11 is 0. The molecule has 0 amide bonds. The first-order valence-electron chi connectivity index (χ1n) is 11.1. The van der Waals surface area contributed by atoms with Gasteiger partial charge in [0.15, 0.2) is 11.4 Å². The summed E-state index contributed by atoms with van der Waals surface area (Å²) in [6, 6.07) is 9.23. The third kappa shape index (κ3) is 2.21. The lowest BCUT2D eigenvalue weighted by Crippen LogP contribution is -2.53. The first kappa shape index (κ1) is 17.2. The summed E-state index contributed by atoms with van der Waals surface area (Å²) in [5.41, 5.74) is 12.6. The van der Waals surface area contributed by atoms with Gasteiger partial charge in [0.05, 0.1) is 11.0 Å². The van der Waals surface area contributed by atoms with Crippen LogP contribution in [0.4, 0.5) is 0 Å². The Morgan fingerprint density at radius 2 is 1.48 bits per heavy atom. The summed E-state index contributed by atoms with van der Waals surface area (Å²) in [6.45, 7) is 9.47. The molecule has 5 rings (SSSR count). The average Bonchev–Trinajstić information content (AvgIpc) is 2.74. The molecule has 1 aliphatic heterocycles. The lowest BCUT2D eigenvalue weighted by Gasteiger charge is -2.39. The fraction of sp³-hybridized carbons (Fsp3) is 0.500. The Labute approximate surface area is 164 Å². The number of aromatic nitrogens is 1. The van der Waals surface area contributed by atoms with Crippen molar-refractivity contribution in [3.8, 4) is 11.3 Å². The van der Waals surface area contributed by atoms with Gasteiger partial charge in [-0.2, -0.15) is 4.57 Å². The van der Waals surface area contributed by atoms with Gasteiger partial charge >= 0.3 is 0 Å². The Hall–Kier alpha value is -1.89. The zero-order chi connectivity index (χ0) is 18.6. The molecule has 1 heteroatoms. The van der Waals surface area contributed by atoms with Crippen LogP contribution >= 0.6 is 0 Å². The van der Waals surface area contributed by atoms with Crippen LogP contribution in [-0.2, 0) is 31.1 Å². The fourth-order valence-corrected chi connectivity index (χ4v) is 6.33. The molecule has 0 atom stereocenters. The smallest absolute Gasteiger partial charge is 0.160 e. The summed E-state index contributed by atoms with van der Waals surface area (Å²) in [5, 5.41) is 0. The molecule has 0 fully saturated rings. The van der Waals surface area contributed by atoms with Crippen LogP contribution in [0.15, 0.2) is 30.8 Å². The standard InChI is InChI=1S/C26H32N/c1-4-26(5-2)18(3)27-24-17-11-9-13-20(24)19-12-6-7-14-21(19)25(27)22-15-8-10-16-23(22)26/h8,10,15-16H,3-7,9,11-14,17H2,1-2H3/q+1. The van der Waals surface area contributed by atoms with E-state index in [1.807, 2.05) is 0 Å². The fourth-order valence-electron chi connectivity index (χ4n) is 6.33. The van der Waals surface area contributed by atoms with Crippen LogP contribution in [0.2, 0.25) is 0 Å². The van der Waals surface area contributed by atoms with Gasteiger partial charge in [0.25, 0.3) is 0 Å². The largest absolute Gasteiger partial charge is 0.222 e. The second-order valence-corrected chi connectivity index (χ2v) is 8.76. The van der Waals surface area contributed by atoms with Gasteiger partial charge < -0.3 is 0 Å². The third-order valence-electron chi connectivity index (χ3n) is 7.78. The van der Waals surface area contributed by atoms with Gasteiger partial charge in [0, 0.05) is 17.5 Å². The predicted octanol–water partition coefficient (Wildman–Crippen LogP) is 5.94. The maximum Gasteiger partial charge on any atom is 0.222 e. The maximum absolute atomic E-state index is 4.77. The molecule has 3 aliphatic rings. The molecule has 140 valence electrons. The number of pyridine rings is 1. The molecule has 2 aliphatic carbocycles. The maximum atomic E-state index is 4.77. The Balaban J connectivity index is 1.93. The number of fused-ring (bicyclic) bond motifs is 8. The van der Waals surface area contributed by atoms with Crippen molar-refractivity contribution in [1.29, 1.82) is 0 Å². The number of hydrogen-bond acceptors (Lipinski definition) is 0. The minimum atomic E-state index is 0.0718. The summed E-state index contributed by atoms with van der Waals surface area (Å²) < 4.78 is 2.66. The lowest BCUT2D eigenvalue weighted by molar-refractivity contribution is -0.587. The second-order valence-electron chi connectivity index (χ2n) is 8.76. The first-order chi connectivity index (χ1) is 13.2. The van der Waals surface area contributed by atoms with E-state index in [1.165, 1.54) is 73.9 Å².